The van der Waals surface area contributed by atoms with Crippen LogP contribution in [0.2, 0.25) is 0 Å². The van der Waals surface area contributed by atoms with E-state index < -0.39 is 9.84 Å². The van der Waals surface area contributed by atoms with Crippen LogP contribution in [0.3, 0.4) is 0 Å². The maximum absolute atomic E-state index is 11.1. The van der Waals surface area contributed by atoms with Crippen molar-refractivity contribution in [1.82, 2.24) is 4.98 Å². The first-order valence-corrected chi connectivity index (χ1v) is 5.61. The summed E-state index contributed by atoms with van der Waals surface area (Å²) in [6.07, 6.45) is 4.09. The molecule has 0 radical (unpaired) electrons. The van der Waals surface area contributed by atoms with E-state index in [-0.39, 0.29) is 4.90 Å². The van der Waals surface area contributed by atoms with E-state index in [1.165, 1.54) is 6.20 Å². The van der Waals surface area contributed by atoms with Crippen molar-refractivity contribution >= 4 is 15.4 Å². The summed E-state index contributed by atoms with van der Waals surface area (Å²) in [5.74, 6) is 0. The van der Waals surface area contributed by atoms with Crippen molar-refractivity contribution in [3.05, 3.63) is 30.6 Å². The van der Waals surface area contributed by atoms with Crippen molar-refractivity contribution in [1.29, 1.82) is 0 Å². The highest BCUT2D eigenvalue weighted by Crippen LogP contribution is 2.14. The first-order valence-electron chi connectivity index (χ1n) is 3.72. The van der Waals surface area contributed by atoms with Gasteiger partial charge in [0.25, 0.3) is 0 Å². The first-order chi connectivity index (χ1) is 5.91. The summed E-state index contributed by atoms with van der Waals surface area (Å²) in [6.45, 7) is 5.52. The van der Waals surface area contributed by atoms with Crippen LogP contribution in [-0.2, 0) is 9.84 Å². The molecule has 0 spiro atoms. The summed E-state index contributed by atoms with van der Waals surface area (Å²) in [5, 5.41) is 0. The van der Waals surface area contributed by atoms with Gasteiger partial charge in [0.05, 0.1) is 4.90 Å². The summed E-state index contributed by atoms with van der Waals surface area (Å²) in [7, 11) is -3.16. The van der Waals surface area contributed by atoms with Crippen LogP contribution in [0, 0.1) is 0 Å². The third kappa shape index (κ3) is 2.39. The first kappa shape index (κ1) is 9.92. The quantitative estimate of drug-likeness (QED) is 0.722. The molecule has 13 heavy (non-hydrogen) atoms. The smallest absolute Gasteiger partial charge is 0.177 e. The Bertz CT molecular complexity index is 435. The molecule has 0 amide bonds. The van der Waals surface area contributed by atoms with Gasteiger partial charge in [0.15, 0.2) is 9.84 Å². The molecule has 0 unspecified atom stereocenters. The molecule has 1 heterocycles. The normalized spacial score (nSPS) is 11.2. The number of sulfone groups is 1. The molecule has 0 aromatic carbocycles. The molecular weight excluding hydrogens is 186 g/mol. The van der Waals surface area contributed by atoms with Crippen LogP contribution in [0.4, 0.5) is 0 Å². The molecule has 0 aliphatic rings. The second kappa shape index (κ2) is 3.30. The molecule has 3 nitrogen and oxygen atoms in total. The monoisotopic (exact) mass is 197 g/mol. The predicted molar refractivity (Wildman–Crippen MR) is 52.1 cm³/mol. The molecule has 0 N–H and O–H groups in total. The van der Waals surface area contributed by atoms with Crippen molar-refractivity contribution in [3.63, 3.8) is 0 Å². The largest absolute Gasteiger partial charge is 0.263 e. The number of aromatic nitrogens is 1. The standard InChI is InChI=1S/C9H11NO2S/c1-7(2)8-4-9(6-10-5-8)13(3,11)12/h4-6H,1H2,2-3H3. The fourth-order valence-electron chi connectivity index (χ4n) is 0.855. The van der Waals surface area contributed by atoms with Gasteiger partial charge in [0, 0.05) is 18.6 Å². The number of hydrogen-bond acceptors (Lipinski definition) is 3. The summed E-state index contributed by atoms with van der Waals surface area (Å²) in [4.78, 5) is 4.06. The number of nitrogens with zero attached hydrogens (tertiary/aromatic N) is 1. The number of rotatable bonds is 2. The Labute approximate surface area is 78.0 Å². The van der Waals surface area contributed by atoms with E-state index in [9.17, 15) is 8.42 Å². The maximum atomic E-state index is 11.1. The fraction of sp³-hybridized carbons (Fsp3) is 0.222. The SMILES string of the molecule is C=C(C)c1cncc(S(C)(=O)=O)c1. The highest BCUT2D eigenvalue weighted by Gasteiger charge is 2.07. The Kier molecular flexibility index (Phi) is 2.52. The van der Waals surface area contributed by atoms with Gasteiger partial charge in [-0.05, 0) is 24.1 Å². The third-order valence-electron chi connectivity index (χ3n) is 1.63. The van der Waals surface area contributed by atoms with Gasteiger partial charge >= 0.3 is 0 Å². The highest BCUT2D eigenvalue weighted by molar-refractivity contribution is 7.90. The van der Waals surface area contributed by atoms with E-state index in [2.05, 4.69) is 11.6 Å². The maximum Gasteiger partial charge on any atom is 0.177 e. The van der Waals surface area contributed by atoms with Gasteiger partial charge in [-0.1, -0.05) is 6.58 Å². The summed E-state index contributed by atoms with van der Waals surface area (Å²) in [5.41, 5.74) is 1.56. The average molecular weight is 197 g/mol. The lowest BCUT2D eigenvalue weighted by molar-refractivity contribution is 0.601. The minimum Gasteiger partial charge on any atom is -0.263 e. The fourth-order valence-corrected chi connectivity index (χ4v) is 1.45. The molecule has 0 bridgehead atoms. The van der Waals surface area contributed by atoms with Gasteiger partial charge in [-0.15, -0.1) is 0 Å². The molecule has 0 aliphatic heterocycles. The van der Waals surface area contributed by atoms with Crippen LogP contribution in [0.5, 0.6) is 0 Å². The van der Waals surface area contributed by atoms with Gasteiger partial charge in [-0.25, -0.2) is 8.42 Å². The van der Waals surface area contributed by atoms with Crippen molar-refractivity contribution < 1.29 is 8.42 Å². The van der Waals surface area contributed by atoms with Gasteiger partial charge in [-0.2, -0.15) is 0 Å². The highest BCUT2D eigenvalue weighted by atomic mass is 32.2. The average Bonchev–Trinajstić information content (AvgIpc) is 2.03. The van der Waals surface area contributed by atoms with E-state index in [4.69, 9.17) is 0 Å². The Hall–Kier alpha value is -1.16. The minimum absolute atomic E-state index is 0.230. The Morgan fingerprint density at radius 2 is 2.08 bits per heavy atom. The second-order valence-electron chi connectivity index (χ2n) is 2.96. The summed E-state index contributed by atoms with van der Waals surface area (Å²) in [6, 6.07) is 1.57. The zero-order valence-electron chi connectivity index (χ0n) is 7.61. The molecule has 70 valence electrons. The van der Waals surface area contributed by atoms with E-state index in [0.717, 1.165) is 17.4 Å². The van der Waals surface area contributed by atoms with Crippen molar-refractivity contribution in [2.45, 2.75) is 11.8 Å². The van der Waals surface area contributed by atoms with Gasteiger partial charge in [0.2, 0.25) is 0 Å². The third-order valence-corrected chi connectivity index (χ3v) is 2.71. The Balaban J connectivity index is 3.29. The van der Waals surface area contributed by atoms with E-state index >= 15 is 0 Å². The molecule has 1 rings (SSSR count). The van der Waals surface area contributed by atoms with Crippen LogP contribution in [0.1, 0.15) is 12.5 Å². The lowest BCUT2D eigenvalue weighted by Crippen LogP contribution is -1.98. The van der Waals surface area contributed by atoms with Crippen LogP contribution in [-0.4, -0.2) is 19.7 Å². The van der Waals surface area contributed by atoms with Gasteiger partial charge in [0.1, 0.15) is 0 Å². The number of hydrogen-bond donors (Lipinski definition) is 0. The van der Waals surface area contributed by atoms with Crippen LogP contribution in [0.15, 0.2) is 29.9 Å². The molecule has 4 heteroatoms. The van der Waals surface area contributed by atoms with Gasteiger partial charge < -0.3 is 0 Å². The van der Waals surface area contributed by atoms with Crippen LogP contribution in [0.25, 0.3) is 5.57 Å². The molecule has 0 saturated carbocycles. The number of allylic oxidation sites excluding steroid dienone is 1. The van der Waals surface area contributed by atoms with Crippen LogP contribution < -0.4 is 0 Å². The molecule has 0 atom stereocenters. The molecule has 0 fully saturated rings. The zero-order chi connectivity index (χ0) is 10.1. The van der Waals surface area contributed by atoms with Crippen LogP contribution >= 0.6 is 0 Å². The molecule has 1 aromatic rings. The van der Waals surface area contributed by atoms with Gasteiger partial charge in [-0.3, -0.25) is 4.98 Å². The van der Waals surface area contributed by atoms with E-state index in [0.29, 0.717) is 0 Å². The van der Waals surface area contributed by atoms with Crippen molar-refractivity contribution in [3.8, 4) is 0 Å². The molecular formula is C9H11NO2S. The lowest BCUT2D eigenvalue weighted by Gasteiger charge is -2.01. The molecule has 0 aliphatic carbocycles. The Morgan fingerprint density at radius 3 is 2.54 bits per heavy atom. The van der Waals surface area contributed by atoms with E-state index in [1.807, 2.05) is 6.92 Å². The predicted octanol–water partition coefficient (Wildman–Crippen LogP) is 1.52. The summed E-state index contributed by atoms with van der Waals surface area (Å²) >= 11 is 0. The summed E-state index contributed by atoms with van der Waals surface area (Å²) < 4.78 is 22.3. The van der Waals surface area contributed by atoms with Crippen molar-refractivity contribution in [2.75, 3.05) is 6.26 Å². The minimum atomic E-state index is -3.16. The number of pyridine rings is 1. The molecule has 0 saturated heterocycles. The zero-order valence-corrected chi connectivity index (χ0v) is 8.43. The topological polar surface area (TPSA) is 47.0 Å². The van der Waals surface area contributed by atoms with Crippen molar-refractivity contribution in [2.24, 2.45) is 0 Å². The van der Waals surface area contributed by atoms with E-state index in [1.54, 1.807) is 12.3 Å². The molecule has 1 aromatic heterocycles. The lowest BCUT2D eigenvalue weighted by atomic mass is 10.2. The Morgan fingerprint density at radius 1 is 1.46 bits per heavy atom. The second-order valence-corrected chi connectivity index (χ2v) is 4.98.